The summed E-state index contributed by atoms with van der Waals surface area (Å²) in [5.74, 6) is 0.956. The number of hydrogen-bond donors (Lipinski definition) is 0. The number of thiophene rings is 1. The predicted molar refractivity (Wildman–Crippen MR) is 96.5 cm³/mol. The van der Waals surface area contributed by atoms with E-state index in [0.717, 1.165) is 5.56 Å². The first-order valence-electron chi connectivity index (χ1n) is 7.98. The molecule has 5 heteroatoms. The summed E-state index contributed by atoms with van der Waals surface area (Å²) in [4.78, 5) is 25.6. The van der Waals surface area contributed by atoms with E-state index in [1.54, 1.807) is 35.6 Å². The van der Waals surface area contributed by atoms with Gasteiger partial charge in [-0.25, -0.2) is 0 Å². The Morgan fingerprint density at radius 2 is 1.88 bits per heavy atom. The van der Waals surface area contributed by atoms with Crippen LogP contribution in [0.2, 0.25) is 0 Å². The molecule has 4 nitrogen and oxygen atoms in total. The minimum absolute atomic E-state index is 0.00370. The van der Waals surface area contributed by atoms with E-state index in [9.17, 15) is 9.59 Å². The van der Waals surface area contributed by atoms with Gasteiger partial charge in [-0.2, -0.15) is 11.3 Å². The highest BCUT2D eigenvalue weighted by atomic mass is 32.1. The number of benzene rings is 1. The van der Waals surface area contributed by atoms with E-state index in [1.165, 1.54) is 6.92 Å². The van der Waals surface area contributed by atoms with Gasteiger partial charge in [-0.15, -0.1) is 0 Å². The Morgan fingerprint density at radius 1 is 1.17 bits per heavy atom. The Labute approximate surface area is 147 Å². The lowest BCUT2D eigenvalue weighted by molar-refractivity contribution is -0.134. The second-order valence-corrected chi connectivity index (χ2v) is 6.95. The first-order chi connectivity index (χ1) is 11.5. The van der Waals surface area contributed by atoms with Crippen molar-refractivity contribution in [3.8, 4) is 5.75 Å². The van der Waals surface area contributed by atoms with Gasteiger partial charge in [0, 0.05) is 18.7 Å². The van der Waals surface area contributed by atoms with Gasteiger partial charge in [-0.05, 0) is 59.5 Å². The van der Waals surface area contributed by atoms with Gasteiger partial charge in [-0.3, -0.25) is 9.59 Å². The minimum atomic E-state index is -0.0365. The number of carbonyl (C=O) groups excluding carboxylic acids is 2. The Morgan fingerprint density at radius 3 is 2.42 bits per heavy atom. The lowest BCUT2D eigenvalue weighted by Gasteiger charge is -2.24. The molecule has 0 bridgehead atoms. The monoisotopic (exact) mass is 345 g/mol. The van der Waals surface area contributed by atoms with Crippen LogP contribution in [-0.2, 0) is 11.3 Å². The fourth-order valence-corrected chi connectivity index (χ4v) is 2.98. The van der Waals surface area contributed by atoms with Crippen LogP contribution in [0.1, 0.15) is 36.7 Å². The average Bonchev–Trinajstić information content (AvgIpc) is 3.05. The molecule has 0 N–H and O–H groups in total. The molecule has 1 amide bonds. The van der Waals surface area contributed by atoms with Crippen molar-refractivity contribution in [2.24, 2.45) is 5.92 Å². The first kappa shape index (κ1) is 18.2. The normalized spacial score (nSPS) is 10.7. The fraction of sp³-hybridized carbons (Fsp3) is 0.368. The van der Waals surface area contributed by atoms with Crippen molar-refractivity contribution in [3.05, 3.63) is 52.2 Å². The van der Waals surface area contributed by atoms with Crippen molar-refractivity contribution in [1.29, 1.82) is 0 Å². The molecule has 0 atom stereocenters. The molecule has 0 aliphatic carbocycles. The van der Waals surface area contributed by atoms with Crippen molar-refractivity contribution < 1.29 is 14.3 Å². The SMILES string of the molecule is CC(=O)c1ccc(OCC(=O)N(Cc2ccsc2)CC(C)C)cc1. The first-order valence-corrected chi connectivity index (χ1v) is 8.92. The molecule has 2 rings (SSSR count). The Bertz CT molecular complexity index is 662. The standard InChI is InChI=1S/C19H23NO3S/c1-14(2)10-20(11-16-8-9-24-13-16)19(22)12-23-18-6-4-17(5-7-18)15(3)21/h4-9,13-14H,10-12H2,1-3H3. The highest BCUT2D eigenvalue weighted by Crippen LogP contribution is 2.14. The molecule has 0 spiro atoms. The van der Waals surface area contributed by atoms with Crippen LogP contribution in [0.3, 0.4) is 0 Å². The van der Waals surface area contributed by atoms with E-state index in [2.05, 4.69) is 19.2 Å². The maximum atomic E-state index is 12.5. The highest BCUT2D eigenvalue weighted by molar-refractivity contribution is 7.07. The zero-order valence-electron chi connectivity index (χ0n) is 14.3. The summed E-state index contributed by atoms with van der Waals surface area (Å²) in [5, 5.41) is 4.07. The van der Waals surface area contributed by atoms with Crippen LogP contribution in [-0.4, -0.2) is 29.7 Å². The molecular weight excluding hydrogens is 322 g/mol. The maximum absolute atomic E-state index is 12.5. The summed E-state index contributed by atoms with van der Waals surface area (Å²) < 4.78 is 5.58. The Kier molecular flexibility index (Phi) is 6.55. The summed E-state index contributed by atoms with van der Waals surface area (Å²) in [5.41, 5.74) is 1.77. The second kappa shape index (κ2) is 8.64. The van der Waals surface area contributed by atoms with Gasteiger partial charge >= 0.3 is 0 Å². The largest absolute Gasteiger partial charge is 0.484 e. The second-order valence-electron chi connectivity index (χ2n) is 6.17. The van der Waals surface area contributed by atoms with Crippen LogP contribution in [0.5, 0.6) is 5.75 Å². The molecule has 128 valence electrons. The fourth-order valence-electron chi connectivity index (χ4n) is 2.32. The number of hydrogen-bond acceptors (Lipinski definition) is 4. The van der Waals surface area contributed by atoms with Crippen molar-refractivity contribution in [3.63, 3.8) is 0 Å². The third-order valence-corrected chi connectivity index (χ3v) is 4.25. The van der Waals surface area contributed by atoms with Gasteiger partial charge in [0.15, 0.2) is 12.4 Å². The number of Topliss-reactive ketones (excluding diaryl/α,β-unsaturated/α-hetero) is 1. The van der Waals surface area contributed by atoms with E-state index >= 15 is 0 Å². The Hall–Kier alpha value is -2.14. The van der Waals surface area contributed by atoms with Crippen molar-refractivity contribution in [2.45, 2.75) is 27.3 Å². The van der Waals surface area contributed by atoms with Gasteiger partial charge in [-0.1, -0.05) is 13.8 Å². The number of nitrogens with zero attached hydrogens (tertiary/aromatic N) is 1. The summed E-state index contributed by atoms with van der Waals surface area (Å²) in [6, 6.07) is 8.89. The number of carbonyl (C=O) groups is 2. The van der Waals surface area contributed by atoms with Crippen LogP contribution in [0.15, 0.2) is 41.1 Å². The van der Waals surface area contributed by atoms with E-state index in [4.69, 9.17) is 4.74 Å². The summed E-state index contributed by atoms with van der Waals surface area (Å²) in [6.07, 6.45) is 0. The van der Waals surface area contributed by atoms with E-state index in [0.29, 0.717) is 30.3 Å². The van der Waals surface area contributed by atoms with Crippen LogP contribution in [0.4, 0.5) is 0 Å². The van der Waals surface area contributed by atoms with E-state index < -0.39 is 0 Å². The molecule has 2 aromatic rings. The van der Waals surface area contributed by atoms with Crippen LogP contribution in [0.25, 0.3) is 0 Å². The quantitative estimate of drug-likeness (QED) is 0.679. The third kappa shape index (κ3) is 5.49. The van der Waals surface area contributed by atoms with Gasteiger partial charge in [0.2, 0.25) is 0 Å². The number of ether oxygens (including phenoxy) is 1. The van der Waals surface area contributed by atoms with Crippen LogP contribution in [0, 0.1) is 5.92 Å². The molecule has 0 unspecified atom stereocenters. The topological polar surface area (TPSA) is 46.6 Å². The van der Waals surface area contributed by atoms with Crippen molar-refractivity contribution in [2.75, 3.05) is 13.2 Å². The lowest BCUT2D eigenvalue weighted by Crippen LogP contribution is -2.37. The molecule has 1 aromatic carbocycles. The van der Waals surface area contributed by atoms with Gasteiger partial charge < -0.3 is 9.64 Å². The molecule has 0 radical (unpaired) electrons. The third-order valence-electron chi connectivity index (χ3n) is 3.51. The number of ketones is 1. The summed E-state index contributed by atoms with van der Waals surface area (Å²) in [6.45, 7) is 7.00. The lowest BCUT2D eigenvalue weighted by atomic mass is 10.1. The zero-order chi connectivity index (χ0) is 17.5. The van der Waals surface area contributed by atoms with Crippen molar-refractivity contribution in [1.82, 2.24) is 4.90 Å². The summed E-state index contributed by atoms with van der Waals surface area (Å²) >= 11 is 1.63. The molecule has 1 aromatic heterocycles. The predicted octanol–water partition coefficient (Wildman–Crippen LogP) is 4.01. The minimum Gasteiger partial charge on any atom is -0.484 e. The molecule has 0 aliphatic heterocycles. The molecule has 1 heterocycles. The van der Waals surface area contributed by atoms with Crippen LogP contribution < -0.4 is 4.74 Å². The van der Waals surface area contributed by atoms with Gasteiger partial charge in [0.25, 0.3) is 5.91 Å². The number of amides is 1. The van der Waals surface area contributed by atoms with Crippen molar-refractivity contribution >= 4 is 23.0 Å². The van der Waals surface area contributed by atoms with E-state index in [1.807, 2.05) is 16.3 Å². The smallest absolute Gasteiger partial charge is 0.260 e. The number of rotatable bonds is 8. The molecule has 0 aliphatic rings. The van der Waals surface area contributed by atoms with Gasteiger partial charge in [0.05, 0.1) is 0 Å². The molecule has 0 saturated heterocycles. The zero-order valence-corrected chi connectivity index (χ0v) is 15.1. The van der Waals surface area contributed by atoms with Crippen LogP contribution >= 0.6 is 11.3 Å². The Balaban J connectivity index is 1.95. The molecular formula is C19H23NO3S. The summed E-state index contributed by atoms with van der Waals surface area (Å²) in [7, 11) is 0. The molecule has 24 heavy (non-hydrogen) atoms. The van der Waals surface area contributed by atoms with E-state index in [-0.39, 0.29) is 18.3 Å². The average molecular weight is 345 g/mol. The van der Waals surface area contributed by atoms with Gasteiger partial charge in [0.1, 0.15) is 5.75 Å². The maximum Gasteiger partial charge on any atom is 0.260 e. The molecule has 0 fully saturated rings. The highest BCUT2D eigenvalue weighted by Gasteiger charge is 2.16. The molecule has 0 saturated carbocycles.